The molecule has 7 heteroatoms. The third-order valence-corrected chi connectivity index (χ3v) is 6.83. The van der Waals surface area contributed by atoms with Crippen molar-refractivity contribution >= 4 is 21.7 Å². The number of guanidine groups is 1. The van der Waals surface area contributed by atoms with Crippen LogP contribution in [0.15, 0.2) is 29.3 Å². The lowest BCUT2D eigenvalue weighted by Gasteiger charge is -2.33. The molecular formula is C19H30N4O2S. The van der Waals surface area contributed by atoms with Gasteiger partial charge in [0.05, 0.1) is 18.0 Å². The summed E-state index contributed by atoms with van der Waals surface area (Å²) in [6.45, 7) is 7.88. The molecule has 0 radical (unpaired) electrons. The molecule has 3 rings (SSSR count). The minimum absolute atomic E-state index is 0.0413. The predicted octanol–water partition coefficient (Wildman–Crippen LogP) is 2.08. The van der Waals surface area contributed by atoms with Gasteiger partial charge in [0.1, 0.15) is 0 Å². The monoisotopic (exact) mass is 378 g/mol. The van der Waals surface area contributed by atoms with E-state index >= 15 is 0 Å². The van der Waals surface area contributed by atoms with Gasteiger partial charge in [-0.3, -0.25) is 9.30 Å². The molecule has 6 nitrogen and oxygen atoms in total. The summed E-state index contributed by atoms with van der Waals surface area (Å²) in [7, 11) is -3.35. The maximum Gasteiger partial charge on any atom is 0.237 e. The molecule has 0 saturated carbocycles. The van der Waals surface area contributed by atoms with Crippen molar-refractivity contribution in [3.8, 4) is 0 Å². The van der Waals surface area contributed by atoms with Crippen molar-refractivity contribution in [3.63, 3.8) is 0 Å². The normalized spacial score (nSPS) is 21.0. The van der Waals surface area contributed by atoms with Crippen molar-refractivity contribution < 1.29 is 8.42 Å². The maximum atomic E-state index is 12.8. The average molecular weight is 379 g/mol. The Morgan fingerprint density at radius 3 is 2.88 bits per heavy atom. The number of nitrogens with one attached hydrogen (secondary N) is 1. The van der Waals surface area contributed by atoms with E-state index in [1.807, 2.05) is 31.2 Å². The van der Waals surface area contributed by atoms with Crippen molar-refractivity contribution in [1.82, 2.24) is 10.2 Å². The molecule has 0 aliphatic carbocycles. The largest absolute Gasteiger partial charge is 0.357 e. The lowest BCUT2D eigenvalue weighted by atomic mass is 10.0. The lowest BCUT2D eigenvalue weighted by molar-refractivity contribution is 0.266. The molecule has 1 aromatic carbocycles. The number of anilines is 1. The number of para-hydroxylation sites is 1. The van der Waals surface area contributed by atoms with Crippen LogP contribution in [0.2, 0.25) is 0 Å². The van der Waals surface area contributed by atoms with E-state index in [0.29, 0.717) is 12.5 Å². The molecule has 1 N–H and O–H groups in total. The van der Waals surface area contributed by atoms with Crippen LogP contribution in [0.5, 0.6) is 0 Å². The fourth-order valence-corrected chi connectivity index (χ4v) is 5.17. The standard InChI is InChI=1S/C19H30N4O2S/c1-3-20-19(22-12-6-7-16(2)15-22)21-11-14-26(24,25)23-13-10-17-8-4-5-9-18(17)23/h4-5,8-9,16H,3,6-7,10-15H2,1-2H3,(H,20,21). The first-order valence-corrected chi connectivity index (χ1v) is 11.2. The van der Waals surface area contributed by atoms with Crippen LogP contribution in [0, 0.1) is 5.92 Å². The minimum Gasteiger partial charge on any atom is -0.357 e. The van der Waals surface area contributed by atoms with Gasteiger partial charge in [-0.2, -0.15) is 0 Å². The van der Waals surface area contributed by atoms with Crippen molar-refractivity contribution in [2.75, 3.05) is 42.8 Å². The Morgan fingerprint density at radius 2 is 2.12 bits per heavy atom. The summed E-state index contributed by atoms with van der Waals surface area (Å²) < 4.78 is 27.1. The van der Waals surface area contributed by atoms with E-state index in [0.717, 1.165) is 49.7 Å². The van der Waals surface area contributed by atoms with E-state index in [2.05, 4.69) is 22.1 Å². The summed E-state index contributed by atoms with van der Waals surface area (Å²) in [5, 5.41) is 3.31. The topological polar surface area (TPSA) is 65.0 Å². The predicted molar refractivity (Wildman–Crippen MR) is 107 cm³/mol. The molecule has 2 aliphatic rings. The van der Waals surface area contributed by atoms with E-state index in [-0.39, 0.29) is 12.3 Å². The van der Waals surface area contributed by atoms with E-state index in [4.69, 9.17) is 0 Å². The van der Waals surface area contributed by atoms with Gasteiger partial charge in [0.25, 0.3) is 0 Å². The van der Waals surface area contributed by atoms with E-state index in [9.17, 15) is 8.42 Å². The Balaban J connectivity index is 1.65. The molecule has 0 aromatic heterocycles. The van der Waals surface area contributed by atoms with Gasteiger partial charge in [0, 0.05) is 26.2 Å². The summed E-state index contributed by atoms with van der Waals surface area (Å²) in [5.41, 5.74) is 1.93. The van der Waals surface area contributed by atoms with Crippen molar-refractivity contribution in [3.05, 3.63) is 29.8 Å². The second-order valence-corrected chi connectivity index (χ2v) is 9.21. The second kappa shape index (κ2) is 8.29. The number of likely N-dealkylation sites (tertiary alicyclic amines) is 1. The highest BCUT2D eigenvalue weighted by Gasteiger charge is 2.28. The van der Waals surface area contributed by atoms with Crippen LogP contribution in [-0.4, -0.2) is 57.8 Å². The number of fused-ring (bicyclic) bond motifs is 1. The number of aliphatic imine (C=N–C) groups is 1. The first kappa shape index (κ1) is 19.0. The smallest absolute Gasteiger partial charge is 0.237 e. The molecule has 26 heavy (non-hydrogen) atoms. The summed E-state index contributed by atoms with van der Waals surface area (Å²) in [6.07, 6.45) is 3.19. The van der Waals surface area contributed by atoms with Crippen molar-refractivity contribution in [1.29, 1.82) is 0 Å². The third-order valence-electron chi connectivity index (χ3n) is 5.08. The van der Waals surface area contributed by atoms with Gasteiger partial charge < -0.3 is 10.2 Å². The molecule has 144 valence electrons. The number of piperidine rings is 1. The molecule has 0 bridgehead atoms. The van der Waals surface area contributed by atoms with Gasteiger partial charge in [-0.25, -0.2) is 8.42 Å². The number of benzene rings is 1. The summed E-state index contributed by atoms with van der Waals surface area (Å²) in [4.78, 5) is 6.87. The summed E-state index contributed by atoms with van der Waals surface area (Å²) in [5.74, 6) is 1.54. The Labute approximate surface area is 157 Å². The van der Waals surface area contributed by atoms with Gasteiger partial charge >= 0.3 is 0 Å². The Hall–Kier alpha value is -1.76. The third kappa shape index (κ3) is 4.31. The zero-order chi connectivity index (χ0) is 18.6. The van der Waals surface area contributed by atoms with Gasteiger partial charge in [-0.05, 0) is 43.7 Å². The fourth-order valence-electron chi connectivity index (χ4n) is 3.78. The van der Waals surface area contributed by atoms with Crippen LogP contribution < -0.4 is 9.62 Å². The van der Waals surface area contributed by atoms with Crippen LogP contribution in [0.1, 0.15) is 32.3 Å². The number of nitrogens with zero attached hydrogens (tertiary/aromatic N) is 3. The van der Waals surface area contributed by atoms with Gasteiger partial charge in [-0.1, -0.05) is 25.1 Å². The first-order chi connectivity index (χ1) is 12.5. The molecule has 1 saturated heterocycles. The Morgan fingerprint density at radius 1 is 1.31 bits per heavy atom. The quantitative estimate of drug-likeness (QED) is 0.629. The van der Waals surface area contributed by atoms with Gasteiger partial charge in [0.15, 0.2) is 5.96 Å². The van der Waals surface area contributed by atoms with Crippen LogP contribution >= 0.6 is 0 Å². The zero-order valence-electron chi connectivity index (χ0n) is 15.8. The number of hydrogen-bond donors (Lipinski definition) is 1. The molecule has 0 amide bonds. The summed E-state index contributed by atoms with van der Waals surface area (Å²) >= 11 is 0. The van der Waals surface area contributed by atoms with Crippen LogP contribution in [0.4, 0.5) is 5.69 Å². The fraction of sp³-hybridized carbons (Fsp3) is 0.632. The number of sulfonamides is 1. The van der Waals surface area contributed by atoms with Crippen molar-refractivity contribution in [2.24, 2.45) is 10.9 Å². The van der Waals surface area contributed by atoms with E-state index in [1.54, 1.807) is 4.31 Å². The molecule has 2 heterocycles. The summed E-state index contributed by atoms with van der Waals surface area (Å²) in [6, 6.07) is 7.75. The molecule has 1 fully saturated rings. The maximum absolute atomic E-state index is 12.8. The lowest BCUT2D eigenvalue weighted by Crippen LogP contribution is -2.46. The average Bonchev–Trinajstić information content (AvgIpc) is 3.06. The van der Waals surface area contributed by atoms with E-state index in [1.165, 1.54) is 6.42 Å². The molecular weight excluding hydrogens is 348 g/mol. The highest BCUT2D eigenvalue weighted by atomic mass is 32.2. The Bertz CT molecular complexity index is 748. The molecule has 0 spiro atoms. The first-order valence-electron chi connectivity index (χ1n) is 9.63. The minimum atomic E-state index is -3.35. The van der Waals surface area contributed by atoms with E-state index < -0.39 is 10.0 Å². The number of hydrogen-bond acceptors (Lipinski definition) is 3. The van der Waals surface area contributed by atoms with Crippen LogP contribution in [0.25, 0.3) is 0 Å². The molecule has 1 atom stereocenters. The highest BCUT2D eigenvalue weighted by Crippen LogP contribution is 2.29. The van der Waals surface area contributed by atoms with Crippen LogP contribution in [0.3, 0.4) is 0 Å². The molecule has 1 unspecified atom stereocenters. The number of rotatable bonds is 5. The zero-order valence-corrected chi connectivity index (χ0v) is 16.6. The molecule has 2 aliphatic heterocycles. The van der Waals surface area contributed by atoms with Crippen LogP contribution in [-0.2, 0) is 16.4 Å². The Kier molecular flexibility index (Phi) is 6.06. The highest BCUT2D eigenvalue weighted by molar-refractivity contribution is 7.92. The molecule has 1 aromatic rings. The SMILES string of the molecule is CCNC(=NCCS(=O)(=O)N1CCc2ccccc21)N1CCCC(C)C1. The second-order valence-electron chi connectivity index (χ2n) is 7.20. The van der Waals surface area contributed by atoms with Gasteiger partial charge in [-0.15, -0.1) is 0 Å². The van der Waals surface area contributed by atoms with Gasteiger partial charge in [0.2, 0.25) is 10.0 Å². The van der Waals surface area contributed by atoms with Crippen molar-refractivity contribution in [2.45, 2.75) is 33.1 Å².